The average molecular weight is 169 g/mol. The molecule has 2 bridgehead atoms. The number of aliphatic carboxylic acids is 1. The highest BCUT2D eigenvalue weighted by atomic mass is 16.4. The normalized spacial score (nSPS) is 46.1. The first-order valence-corrected chi connectivity index (χ1v) is 4.61. The molecule has 0 amide bonds. The van der Waals surface area contributed by atoms with Crippen LogP contribution < -0.4 is 0 Å². The minimum atomic E-state index is -0.646. The Balaban J connectivity index is 2.22. The summed E-state index contributed by atoms with van der Waals surface area (Å²) in [7, 11) is 0. The Bertz CT molecular complexity index is 209. The number of hydrogen-bond acceptors (Lipinski definition) is 2. The van der Waals surface area contributed by atoms with Gasteiger partial charge in [-0.15, -0.1) is 0 Å². The van der Waals surface area contributed by atoms with Crippen molar-refractivity contribution in [1.82, 2.24) is 4.90 Å². The summed E-state index contributed by atoms with van der Waals surface area (Å²) in [6.07, 6.45) is 3.24. The third kappa shape index (κ3) is 0.959. The van der Waals surface area contributed by atoms with Gasteiger partial charge in [-0.2, -0.15) is 0 Å². The van der Waals surface area contributed by atoms with Crippen LogP contribution in [0.15, 0.2) is 0 Å². The summed E-state index contributed by atoms with van der Waals surface area (Å²) in [5.41, 5.74) is -0.554. The van der Waals surface area contributed by atoms with Gasteiger partial charge in [0.2, 0.25) is 0 Å². The van der Waals surface area contributed by atoms with Crippen molar-refractivity contribution >= 4 is 5.97 Å². The van der Waals surface area contributed by atoms with E-state index in [1.807, 2.05) is 6.92 Å². The molecule has 3 aliphatic rings. The molecule has 1 unspecified atom stereocenters. The van der Waals surface area contributed by atoms with Gasteiger partial charge in [-0.05, 0) is 45.2 Å². The van der Waals surface area contributed by atoms with Crippen molar-refractivity contribution in [3.63, 3.8) is 0 Å². The van der Waals surface area contributed by atoms with E-state index in [1.165, 1.54) is 12.8 Å². The average Bonchev–Trinajstić information content (AvgIpc) is 2.05. The Morgan fingerprint density at radius 1 is 1.50 bits per heavy atom. The summed E-state index contributed by atoms with van der Waals surface area (Å²) in [6.45, 7) is 3.82. The predicted octanol–water partition coefficient (Wildman–Crippen LogP) is 0.945. The van der Waals surface area contributed by atoms with Crippen molar-refractivity contribution in [2.24, 2.45) is 5.92 Å². The second-order valence-electron chi connectivity index (χ2n) is 4.21. The summed E-state index contributed by atoms with van der Waals surface area (Å²) >= 11 is 0. The molecule has 3 heteroatoms. The summed E-state index contributed by atoms with van der Waals surface area (Å²) in [4.78, 5) is 13.1. The second-order valence-corrected chi connectivity index (χ2v) is 4.21. The van der Waals surface area contributed by atoms with Crippen LogP contribution in [0.2, 0.25) is 0 Å². The van der Waals surface area contributed by atoms with Crippen molar-refractivity contribution < 1.29 is 9.90 Å². The molecule has 12 heavy (non-hydrogen) atoms. The molecule has 0 aromatic rings. The molecule has 3 rings (SSSR count). The van der Waals surface area contributed by atoms with Gasteiger partial charge in [0.15, 0.2) is 0 Å². The predicted molar refractivity (Wildman–Crippen MR) is 45.0 cm³/mol. The van der Waals surface area contributed by atoms with E-state index in [9.17, 15) is 4.79 Å². The van der Waals surface area contributed by atoms with E-state index in [0.717, 1.165) is 19.5 Å². The van der Waals surface area contributed by atoms with Gasteiger partial charge in [0, 0.05) is 0 Å². The molecule has 1 atom stereocenters. The molecule has 3 nitrogen and oxygen atoms in total. The lowest BCUT2D eigenvalue weighted by atomic mass is 9.75. The van der Waals surface area contributed by atoms with Crippen molar-refractivity contribution in [2.45, 2.75) is 31.7 Å². The van der Waals surface area contributed by atoms with Gasteiger partial charge >= 0.3 is 5.97 Å². The quantitative estimate of drug-likeness (QED) is 0.635. The number of fused-ring (bicyclic) bond motifs is 3. The highest BCUT2D eigenvalue weighted by Gasteiger charge is 2.47. The van der Waals surface area contributed by atoms with Crippen LogP contribution in [0.25, 0.3) is 0 Å². The summed E-state index contributed by atoms with van der Waals surface area (Å²) in [5.74, 6) is 0.0167. The van der Waals surface area contributed by atoms with Crippen LogP contribution in [-0.2, 0) is 4.79 Å². The molecule has 0 aromatic heterocycles. The fraction of sp³-hybridized carbons (Fsp3) is 0.889. The van der Waals surface area contributed by atoms with Crippen LogP contribution in [0.1, 0.15) is 26.2 Å². The third-order valence-corrected chi connectivity index (χ3v) is 3.46. The lowest BCUT2D eigenvalue weighted by molar-refractivity contribution is -0.158. The summed E-state index contributed by atoms with van der Waals surface area (Å²) in [5, 5.41) is 9.08. The smallest absolute Gasteiger partial charge is 0.323 e. The molecule has 3 saturated heterocycles. The number of hydrogen-bond donors (Lipinski definition) is 1. The Morgan fingerprint density at radius 2 is 2.08 bits per heavy atom. The van der Waals surface area contributed by atoms with Gasteiger partial charge < -0.3 is 5.11 Å². The first-order valence-electron chi connectivity index (χ1n) is 4.61. The number of nitrogens with zero attached hydrogens (tertiary/aromatic N) is 1. The fourth-order valence-electron chi connectivity index (χ4n) is 2.54. The molecule has 3 aliphatic heterocycles. The van der Waals surface area contributed by atoms with Crippen LogP contribution in [0.3, 0.4) is 0 Å². The Hall–Kier alpha value is -0.570. The Labute approximate surface area is 72.4 Å². The lowest BCUT2D eigenvalue weighted by Crippen LogP contribution is -2.60. The molecule has 0 aliphatic carbocycles. The van der Waals surface area contributed by atoms with Crippen LogP contribution >= 0.6 is 0 Å². The highest BCUT2D eigenvalue weighted by Crippen LogP contribution is 2.38. The van der Waals surface area contributed by atoms with E-state index in [1.54, 1.807) is 0 Å². The van der Waals surface area contributed by atoms with Crippen LogP contribution in [0.4, 0.5) is 0 Å². The molecule has 1 N–H and O–H groups in total. The number of rotatable bonds is 1. The van der Waals surface area contributed by atoms with E-state index in [4.69, 9.17) is 5.11 Å². The van der Waals surface area contributed by atoms with E-state index in [-0.39, 0.29) is 0 Å². The molecule has 3 heterocycles. The number of piperidine rings is 3. The summed E-state index contributed by atoms with van der Waals surface area (Å²) in [6, 6.07) is 0. The topological polar surface area (TPSA) is 40.5 Å². The van der Waals surface area contributed by atoms with E-state index < -0.39 is 11.5 Å². The molecule has 3 fully saturated rings. The maximum Gasteiger partial charge on any atom is 0.323 e. The standard InChI is InChI=1S/C9H15NO2/c1-9(8(11)12)6-7-2-4-10(9)5-3-7/h7H,2-6H2,1H3,(H,11,12). The second kappa shape index (κ2) is 2.46. The Morgan fingerprint density at radius 3 is 2.33 bits per heavy atom. The Kier molecular flexibility index (Phi) is 1.65. The maximum atomic E-state index is 11.0. The molecular formula is C9H15NO2. The molecular weight excluding hydrogens is 154 g/mol. The van der Waals surface area contributed by atoms with Gasteiger partial charge in [0.1, 0.15) is 5.54 Å². The van der Waals surface area contributed by atoms with E-state index in [2.05, 4.69) is 4.90 Å². The number of carboxylic acid groups (broad SMARTS) is 1. The van der Waals surface area contributed by atoms with Gasteiger partial charge in [-0.3, -0.25) is 9.69 Å². The first-order chi connectivity index (χ1) is 5.63. The van der Waals surface area contributed by atoms with Crippen molar-refractivity contribution in [3.05, 3.63) is 0 Å². The fourth-order valence-corrected chi connectivity index (χ4v) is 2.54. The van der Waals surface area contributed by atoms with Gasteiger partial charge in [-0.1, -0.05) is 0 Å². The van der Waals surface area contributed by atoms with Crippen LogP contribution in [-0.4, -0.2) is 34.6 Å². The zero-order valence-electron chi connectivity index (χ0n) is 7.42. The maximum absolute atomic E-state index is 11.0. The van der Waals surface area contributed by atoms with Gasteiger partial charge in [-0.25, -0.2) is 0 Å². The van der Waals surface area contributed by atoms with E-state index in [0.29, 0.717) is 5.92 Å². The third-order valence-electron chi connectivity index (χ3n) is 3.46. The molecule has 0 spiro atoms. The van der Waals surface area contributed by atoms with Gasteiger partial charge in [0.05, 0.1) is 0 Å². The summed E-state index contributed by atoms with van der Waals surface area (Å²) < 4.78 is 0. The van der Waals surface area contributed by atoms with Gasteiger partial charge in [0.25, 0.3) is 0 Å². The molecule has 0 radical (unpaired) electrons. The van der Waals surface area contributed by atoms with Crippen molar-refractivity contribution in [3.8, 4) is 0 Å². The van der Waals surface area contributed by atoms with Crippen molar-refractivity contribution in [2.75, 3.05) is 13.1 Å². The van der Waals surface area contributed by atoms with E-state index >= 15 is 0 Å². The SMILES string of the molecule is CC1(C(=O)O)CC2CCN1CC2. The number of carboxylic acids is 1. The zero-order chi connectivity index (χ0) is 8.77. The first kappa shape index (κ1) is 8.05. The van der Waals surface area contributed by atoms with Crippen LogP contribution in [0.5, 0.6) is 0 Å². The highest BCUT2D eigenvalue weighted by molar-refractivity contribution is 5.78. The van der Waals surface area contributed by atoms with Crippen molar-refractivity contribution in [1.29, 1.82) is 0 Å². The molecule has 68 valence electrons. The molecule has 0 saturated carbocycles. The largest absolute Gasteiger partial charge is 0.480 e. The number of carbonyl (C=O) groups is 1. The monoisotopic (exact) mass is 169 g/mol. The minimum absolute atomic E-state index is 0.554. The lowest BCUT2D eigenvalue weighted by Gasteiger charge is -2.50. The zero-order valence-corrected chi connectivity index (χ0v) is 7.42. The van der Waals surface area contributed by atoms with Crippen LogP contribution in [0, 0.1) is 5.92 Å². The minimum Gasteiger partial charge on any atom is -0.480 e. The molecule has 0 aromatic carbocycles.